The number of rotatable bonds is 10. The van der Waals surface area contributed by atoms with Crippen LogP contribution >= 0.6 is 0 Å². The molecule has 1 rings (SSSR count). The van der Waals surface area contributed by atoms with E-state index in [1.807, 2.05) is 30.3 Å². The van der Waals surface area contributed by atoms with Crippen LogP contribution in [0.15, 0.2) is 36.4 Å². The molecule has 0 radical (unpaired) electrons. The van der Waals surface area contributed by atoms with Gasteiger partial charge in [-0.05, 0) is 29.9 Å². The van der Waals surface area contributed by atoms with Crippen LogP contribution in [0, 0.1) is 23.7 Å². The zero-order chi connectivity index (χ0) is 19.0. The second-order valence-corrected chi connectivity index (χ2v) is 6.33. The summed E-state index contributed by atoms with van der Waals surface area (Å²) >= 11 is 0. The lowest BCUT2D eigenvalue weighted by molar-refractivity contribution is 0.0165. The third kappa shape index (κ3) is 10.7. The molecule has 3 heteroatoms. The van der Waals surface area contributed by atoms with Crippen LogP contribution < -0.4 is 0 Å². The molecule has 0 bridgehead atoms. The molecule has 0 aromatic heterocycles. The molecule has 3 nitrogen and oxygen atoms in total. The topological polar surface area (TPSA) is 60.7 Å². The molecule has 0 heterocycles. The van der Waals surface area contributed by atoms with Crippen molar-refractivity contribution in [2.75, 3.05) is 0 Å². The van der Waals surface area contributed by atoms with Crippen LogP contribution in [0.1, 0.15) is 57.4 Å². The Bertz CT molecular complexity index is 628. The summed E-state index contributed by atoms with van der Waals surface area (Å²) in [6, 6.07) is 9.66. The molecular weight excluding hydrogens is 324 g/mol. The molecule has 3 N–H and O–H groups in total. The monoisotopic (exact) mass is 354 g/mol. The molecule has 0 fully saturated rings. The van der Waals surface area contributed by atoms with E-state index in [-0.39, 0.29) is 6.42 Å². The van der Waals surface area contributed by atoms with Gasteiger partial charge in [0.05, 0.1) is 12.2 Å². The highest BCUT2D eigenvalue weighted by Crippen LogP contribution is 2.10. The largest absolute Gasteiger partial charge is 0.390 e. The van der Waals surface area contributed by atoms with Crippen molar-refractivity contribution in [1.82, 2.24) is 0 Å². The van der Waals surface area contributed by atoms with E-state index < -0.39 is 18.3 Å². The van der Waals surface area contributed by atoms with Gasteiger partial charge in [0.1, 0.15) is 6.10 Å². The Morgan fingerprint density at radius 3 is 2.38 bits per heavy atom. The zero-order valence-corrected chi connectivity index (χ0v) is 15.6. The number of hydrogen-bond acceptors (Lipinski definition) is 3. The summed E-state index contributed by atoms with van der Waals surface area (Å²) in [6.07, 6.45) is 7.30. The predicted octanol–water partition coefficient (Wildman–Crippen LogP) is 3.54. The third-order valence-corrected chi connectivity index (χ3v) is 4.00. The van der Waals surface area contributed by atoms with E-state index >= 15 is 0 Å². The summed E-state index contributed by atoms with van der Waals surface area (Å²) in [6.45, 7) is 2.17. The Hall–Kier alpha value is -2.04. The molecule has 0 saturated heterocycles. The van der Waals surface area contributed by atoms with Gasteiger partial charge in [-0.1, -0.05) is 87.3 Å². The molecule has 1 unspecified atom stereocenters. The Kier molecular flexibility index (Phi) is 12.0. The van der Waals surface area contributed by atoms with Gasteiger partial charge in [0.2, 0.25) is 0 Å². The molecule has 0 aliphatic rings. The molecule has 0 amide bonds. The average Bonchev–Trinajstić information content (AvgIpc) is 2.66. The van der Waals surface area contributed by atoms with E-state index in [0.29, 0.717) is 6.42 Å². The van der Waals surface area contributed by atoms with Gasteiger partial charge < -0.3 is 15.3 Å². The first-order valence-electron chi connectivity index (χ1n) is 9.39. The molecule has 3 atom stereocenters. The van der Waals surface area contributed by atoms with Crippen LogP contribution in [0.3, 0.4) is 0 Å². The highest BCUT2D eigenvalue weighted by Gasteiger charge is 2.14. The van der Waals surface area contributed by atoms with E-state index in [4.69, 9.17) is 0 Å². The zero-order valence-electron chi connectivity index (χ0n) is 15.6. The van der Waals surface area contributed by atoms with Crippen molar-refractivity contribution in [2.45, 2.75) is 70.2 Å². The standard InChI is InChI=1S/C23H30O3/c1-2-3-4-5-11-16-22(25)23(26)17-12-7-10-15-21(24)19-18-20-13-8-6-9-14-20/h6,8-9,13-14,18-19,21-26H,2-5,11,16-17H2,1H3/b19-18+/t21?,22-,23-/m1/s1. The van der Waals surface area contributed by atoms with Gasteiger partial charge in [0.25, 0.3) is 0 Å². The minimum absolute atomic E-state index is 0.181. The van der Waals surface area contributed by atoms with Crippen LogP contribution in [-0.4, -0.2) is 33.6 Å². The van der Waals surface area contributed by atoms with Gasteiger partial charge in [0.15, 0.2) is 0 Å². The predicted molar refractivity (Wildman–Crippen MR) is 107 cm³/mol. The van der Waals surface area contributed by atoms with E-state index in [9.17, 15) is 15.3 Å². The quantitative estimate of drug-likeness (QED) is 0.445. The Morgan fingerprint density at radius 1 is 0.923 bits per heavy atom. The molecule has 140 valence electrons. The van der Waals surface area contributed by atoms with Crippen molar-refractivity contribution in [3.05, 3.63) is 42.0 Å². The average molecular weight is 354 g/mol. The number of hydrogen-bond donors (Lipinski definition) is 3. The van der Waals surface area contributed by atoms with Crippen LogP contribution in [0.2, 0.25) is 0 Å². The molecule has 1 aromatic carbocycles. The molecule has 0 aliphatic carbocycles. The smallest absolute Gasteiger partial charge is 0.134 e. The summed E-state index contributed by atoms with van der Waals surface area (Å²) in [4.78, 5) is 0. The molecule has 1 aromatic rings. The van der Waals surface area contributed by atoms with Crippen molar-refractivity contribution in [3.63, 3.8) is 0 Å². The Balaban J connectivity index is 2.28. The summed E-state index contributed by atoms with van der Waals surface area (Å²) in [7, 11) is 0. The van der Waals surface area contributed by atoms with Crippen molar-refractivity contribution in [2.24, 2.45) is 0 Å². The molecule has 0 aliphatic heterocycles. The van der Waals surface area contributed by atoms with Crippen LogP contribution in [0.4, 0.5) is 0 Å². The molecule has 0 saturated carbocycles. The molecular formula is C23H30O3. The second-order valence-electron chi connectivity index (χ2n) is 6.33. The van der Waals surface area contributed by atoms with E-state index in [1.165, 1.54) is 19.3 Å². The first kappa shape index (κ1) is 22.0. The number of unbranched alkanes of at least 4 members (excludes halogenated alkanes) is 4. The van der Waals surface area contributed by atoms with Crippen LogP contribution in [-0.2, 0) is 0 Å². The fraction of sp³-hybridized carbons (Fsp3) is 0.478. The van der Waals surface area contributed by atoms with E-state index in [2.05, 4.69) is 30.6 Å². The fourth-order valence-electron chi connectivity index (χ4n) is 2.41. The lowest BCUT2D eigenvalue weighted by Gasteiger charge is -2.15. The highest BCUT2D eigenvalue weighted by atomic mass is 16.3. The minimum Gasteiger partial charge on any atom is -0.390 e. The SMILES string of the molecule is CCCCCCC[C@@H](O)[C@H](O)CC#CC#CC(O)/C=C/c1ccccc1. The summed E-state index contributed by atoms with van der Waals surface area (Å²) < 4.78 is 0. The van der Waals surface area contributed by atoms with Crippen molar-refractivity contribution in [1.29, 1.82) is 0 Å². The fourth-order valence-corrected chi connectivity index (χ4v) is 2.41. The van der Waals surface area contributed by atoms with Crippen molar-refractivity contribution >= 4 is 6.08 Å². The van der Waals surface area contributed by atoms with E-state index in [0.717, 1.165) is 18.4 Å². The lowest BCUT2D eigenvalue weighted by atomic mass is 10.0. The molecule has 0 spiro atoms. The van der Waals surface area contributed by atoms with Gasteiger partial charge >= 0.3 is 0 Å². The summed E-state index contributed by atoms with van der Waals surface area (Å²) in [5, 5.41) is 29.5. The van der Waals surface area contributed by atoms with Gasteiger partial charge in [-0.15, -0.1) is 0 Å². The molecule has 26 heavy (non-hydrogen) atoms. The maximum Gasteiger partial charge on any atom is 0.134 e. The Labute approximate surface area is 157 Å². The van der Waals surface area contributed by atoms with Crippen molar-refractivity contribution in [3.8, 4) is 23.7 Å². The first-order chi connectivity index (χ1) is 12.6. The van der Waals surface area contributed by atoms with Crippen LogP contribution in [0.5, 0.6) is 0 Å². The lowest BCUT2D eigenvalue weighted by Crippen LogP contribution is -2.25. The Morgan fingerprint density at radius 2 is 1.65 bits per heavy atom. The first-order valence-corrected chi connectivity index (χ1v) is 9.39. The number of aliphatic hydroxyl groups excluding tert-OH is 3. The maximum absolute atomic E-state index is 9.89. The van der Waals surface area contributed by atoms with Gasteiger partial charge in [-0.2, -0.15) is 0 Å². The maximum atomic E-state index is 9.89. The summed E-state index contributed by atoms with van der Waals surface area (Å²) in [5.41, 5.74) is 0.992. The number of benzene rings is 1. The van der Waals surface area contributed by atoms with Gasteiger partial charge in [0, 0.05) is 6.42 Å². The summed E-state index contributed by atoms with van der Waals surface area (Å²) in [5.74, 6) is 10.5. The van der Waals surface area contributed by atoms with Crippen molar-refractivity contribution < 1.29 is 15.3 Å². The normalized spacial score (nSPS) is 14.0. The number of aliphatic hydroxyl groups is 3. The van der Waals surface area contributed by atoms with Gasteiger partial charge in [-0.3, -0.25) is 0 Å². The third-order valence-electron chi connectivity index (χ3n) is 4.00. The minimum atomic E-state index is -0.886. The highest BCUT2D eigenvalue weighted by molar-refractivity contribution is 5.50. The second kappa shape index (κ2) is 14.2. The van der Waals surface area contributed by atoms with E-state index in [1.54, 1.807) is 12.2 Å². The van der Waals surface area contributed by atoms with Gasteiger partial charge in [-0.25, -0.2) is 0 Å². The van der Waals surface area contributed by atoms with Crippen LogP contribution in [0.25, 0.3) is 6.08 Å².